The standard InChI is InChI=1S/C18H20BrNO5/c1-10(21)20-13-9-12(19)14-16(25-18(2,3)24-14)15(13)23-17(22)11-7-5-4-6-8-11/h4-9,13-16H,1-3H3,(H,20,21)/t13-,14+,15+,16+/m0/s1. The van der Waals surface area contributed by atoms with E-state index in [1.54, 1.807) is 44.2 Å². The molecule has 2 aliphatic rings. The Morgan fingerprint density at radius 2 is 1.88 bits per heavy atom. The summed E-state index contributed by atoms with van der Waals surface area (Å²) >= 11 is 3.48. The van der Waals surface area contributed by atoms with Gasteiger partial charge in [0.15, 0.2) is 11.9 Å². The molecular weight excluding hydrogens is 390 g/mol. The van der Waals surface area contributed by atoms with Gasteiger partial charge in [-0.3, -0.25) is 4.79 Å². The first kappa shape index (κ1) is 18.1. The van der Waals surface area contributed by atoms with Gasteiger partial charge in [0.05, 0.1) is 11.6 Å². The maximum absolute atomic E-state index is 12.5. The molecule has 0 bridgehead atoms. The summed E-state index contributed by atoms with van der Waals surface area (Å²) < 4.78 is 18.3. The number of esters is 1. The Kier molecular flexibility index (Phi) is 4.99. The number of nitrogens with one attached hydrogen (secondary N) is 1. The van der Waals surface area contributed by atoms with Gasteiger partial charge in [0.1, 0.15) is 12.2 Å². The number of ether oxygens (including phenoxy) is 3. The quantitative estimate of drug-likeness (QED) is 0.776. The van der Waals surface area contributed by atoms with E-state index < -0.39 is 36.1 Å². The molecule has 1 heterocycles. The van der Waals surface area contributed by atoms with E-state index in [-0.39, 0.29) is 5.91 Å². The first-order valence-electron chi connectivity index (χ1n) is 8.03. The topological polar surface area (TPSA) is 73.9 Å². The van der Waals surface area contributed by atoms with Gasteiger partial charge in [-0.2, -0.15) is 0 Å². The van der Waals surface area contributed by atoms with Gasteiger partial charge in [-0.1, -0.05) is 34.1 Å². The molecule has 1 fully saturated rings. The molecule has 4 atom stereocenters. The highest BCUT2D eigenvalue weighted by Crippen LogP contribution is 2.40. The van der Waals surface area contributed by atoms with Gasteiger partial charge in [-0.25, -0.2) is 4.79 Å². The lowest BCUT2D eigenvalue weighted by molar-refractivity contribution is -0.154. The van der Waals surface area contributed by atoms with E-state index in [9.17, 15) is 9.59 Å². The van der Waals surface area contributed by atoms with Gasteiger partial charge in [0, 0.05) is 11.4 Å². The molecule has 134 valence electrons. The average Bonchev–Trinajstić information content (AvgIpc) is 2.87. The molecular formula is C18H20BrNO5. The lowest BCUT2D eigenvalue weighted by atomic mass is 9.93. The van der Waals surface area contributed by atoms with Crippen LogP contribution in [0.15, 0.2) is 40.9 Å². The zero-order chi connectivity index (χ0) is 18.2. The maximum atomic E-state index is 12.5. The molecule has 25 heavy (non-hydrogen) atoms. The fraction of sp³-hybridized carbons (Fsp3) is 0.444. The molecule has 0 aromatic heterocycles. The van der Waals surface area contributed by atoms with Crippen LogP contribution in [0.3, 0.4) is 0 Å². The molecule has 6 nitrogen and oxygen atoms in total. The Bertz CT molecular complexity index is 703. The number of fused-ring (bicyclic) bond motifs is 1. The van der Waals surface area contributed by atoms with Crippen molar-refractivity contribution in [1.82, 2.24) is 5.32 Å². The molecule has 1 aromatic carbocycles. The predicted molar refractivity (Wildman–Crippen MR) is 94.1 cm³/mol. The smallest absolute Gasteiger partial charge is 0.338 e. The van der Waals surface area contributed by atoms with Crippen LogP contribution < -0.4 is 5.32 Å². The highest BCUT2D eigenvalue weighted by atomic mass is 79.9. The minimum atomic E-state index is -0.815. The van der Waals surface area contributed by atoms with Crippen molar-refractivity contribution in [2.75, 3.05) is 0 Å². The van der Waals surface area contributed by atoms with E-state index in [0.29, 0.717) is 5.56 Å². The summed E-state index contributed by atoms with van der Waals surface area (Å²) in [5.74, 6) is -1.51. The van der Waals surface area contributed by atoms with Crippen molar-refractivity contribution in [3.05, 3.63) is 46.5 Å². The molecule has 1 amide bonds. The van der Waals surface area contributed by atoms with Crippen molar-refractivity contribution in [2.45, 2.75) is 50.9 Å². The maximum Gasteiger partial charge on any atom is 0.338 e. The lowest BCUT2D eigenvalue weighted by Crippen LogP contribution is -2.55. The third-order valence-electron chi connectivity index (χ3n) is 4.04. The first-order valence-corrected chi connectivity index (χ1v) is 8.82. The summed E-state index contributed by atoms with van der Waals surface area (Å²) in [4.78, 5) is 24.1. The summed E-state index contributed by atoms with van der Waals surface area (Å²) in [5, 5.41) is 2.80. The van der Waals surface area contributed by atoms with Crippen LogP contribution in [0.1, 0.15) is 31.1 Å². The second kappa shape index (κ2) is 6.90. The fourth-order valence-corrected chi connectivity index (χ4v) is 3.71. The summed E-state index contributed by atoms with van der Waals surface area (Å²) in [6.45, 7) is 5.02. The Hall–Kier alpha value is -1.70. The van der Waals surface area contributed by atoms with Gasteiger partial charge >= 0.3 is 5.97 Å². The molecule has 1 saturated heterocycles. The third kappa shape index (κ3) is 3.94. The molecule has 0 radical (unpaired) electrons. The van der Waals surface area contributed by atoms with Crippen molar-refractivity contribution in [1.29, 1.82) is 0 Å². The summed E-state index contributed by atoms with van der Waals surface area (Å²) in [6, 6.07) is 8.19. The first-order chi connectivity index (χ1) is 11.8. The van der Waals surface area contributed by atoms with Crippen molar-refractivity contribution in [3.8, 4) is 0 Å². The minimum Gasteiger partial charge on any atom is -0.453 e. The normalized spacial score (nSPS) is 30.2. The average molecular weight is 410 g/mol. The number of amides is 1. The minimum absolute atomic E-state index is 0.223. The van der Waals surface area contributed by atoms with Crippen LogP contribution in [0.5, 0.6) is 0 Å². The third-order valence-corrected chi connectivity index (χ3v) is 4.76. The van der Waals surface area contributed by atoms with E-state index in [2.05, 4.69) is 21.2 Å². The van der Waals surface area contributed by atoms with E-state index in [0.717, 1.165) is 4.48 Å². The zero-order valence-electron chi connectivity index (χ0n) is 14.2. The Labute approximate surface area is 154 Å². The fourth-order valence-electron chi connectivity index (χ4n) is 3.07. The summed E-state index contributed by atoms with van der Waals surface area (Å²) in [7, 11) is 0. The number of hydrogen-bond donors (Lipinski definition) is 1. The molecule has 1 aliphatic carbocycles. The van der Waals surface area contributed by atoms with Crippen molar-refractivity contribution >= 4 is 27.8 Å². The Morgan fingerprint density at radius 3 is 2.52 bits per heavy atom. The summed E-state index contributed by atoms with van der Waals surface area (Å²) in [6.07, 6.45) is 0.160. The number of halogens is 1. The largest absolute Gasteiger partial charge is 0.453 e. The number of carbonyl (C=O) groups is 2. The molecule has 7 heteroatoms. The highest BCUT2D eigenvalue weighted by molar-refractivity contribution is 9.11. The van der Waals surface area contributed by atoms with Gasteiger partial charge < -0.3 is 19.5 Å². The SMILES string of the molecule is CC(=O)N[C@H]1C=C(Br)[C@H]2OC(C)(C)O[C@H]2[C@@H]1OC(=O)c1ccccc1. The second-order valence-corrected chi connectivity index (χ2v) is 7.45. The monoisotopic (exact) mass is 409 g/mol. The molecule has 0 spiro atoms. The molecule has 3 rings (SSSR count). The van der Waals surface area contributed by atoms with Crippen LogP contribution in [0.25, 0.3) is 0 Å². The van der Waals surface area contributed by atoms with Gasteiger partial charge in [-0.05, 0) is 32.1 Å². The molecule has 0 unspecified atom stereocenters. The molecule has 1 N–H and O–H groups in total. The van der Waals surface area contributed by atoms with E-state index >= 15 is 0 Å². The van der Waals surface area contributed by atoms with Crippen LogP contribution in [-0.4, -0.2) is 42.0 Å². The van der Waals surface area contributed by atoms with Gasteiger partial charge in [0.25, 0.3) is 0 Å². The second-order valence-electron chi connectivity index (χ2n) is 6.53. The van der Waals surface area contributed by atoms with Crippen LogP contribution >= 0.6 is 15.9 Å². The van der Waals surface area contributed by atoms with Crippen molar-refractivity contribution < 1.29 is 23.8 Å². The molecule has 0 saturated carbocycles. The van der Waals surface area contributed by atoms with Crippen molar-refractivity contribution in [2.24, 2.45) is 0 Å². The molecule has 1 aromatic rings. The van der Waals surface area contributed by atoms with Crippen LogP contribution in [0.2, 0.25) is 0 Å². The van der Waals surface area contributed by atoms with Gasteiger partial charge in [0.2, 0.25) is 5.91 Å². The number of benzene rings is 1. The molecule has 1 aliphatic heterocycles. The van der Waals surface area contributed by atoms with Crippen LogP contribution in [-0.2, 0) is 19.0 Å². The van der Waals surface area contributed by atoms with E-state index in [1.165, 1.54) is 6.92 Å². The van der Waals surface area contributed by atoms with Crippen molar-refractivity contribution in [3.63, 3.8) is 0 Å². The van der Waals surface area contributed by atoms with Crippen LogP contribution in [0, 0.1) is 0 Å². The highest BCUT2D eigenvalue weighted by Gasteiger charge is 2.52. The number of hydrogen-bond acceptors (Lipinski definition) is 5. The number of rotatable bonds is 3. The summed E-state index contributed by atoms with van der Waals surface area (Å²) in [5.41, 5.74) is 0.437. The van der Waals surface area contributed by atoms with Crippen LogP contribution in [0.4, 0.5) is 0 Å². The van der Waals surface area contributed by atoms with E-state index in [1.807, 2.05) is 6.07 Å². The number of carbonyl (C=O) groups excluding carboxylic acids is 2. The van der Waals surface area contributed by atoms with Gasteiger partial charge in [-0.15, -0.1) is 0 Å². The lowest BCUT2D eigenvalue weighted by Gasteiger charge is -2.35. The Morgan fingerprint density at radius 1 is 1.20 bits per heavy atom. The van der Waals surface area contributed by atoms with E-state index in [4.69, 9.17) is 14.2 Å². The Balaban J connectivity index is 1.88. The predicted octanol–water partition coefficient (Wildman–Crippen LogP) is 2.53. The zero-order valence-corrected chi connectivity index (χ0v) is 15.8.